The Bertz CT molecular complexity index is 872. The lowest BCUT2D eigenvalue weighted by Crippen LogP contribution is -2.14. The van der Waals surface area contributed by atoms with E-state index in [0.717, 1.165) is 23.1 Å². The normalized spacial score (nSPS) is 13.1. The van der Waals surface area contributed by atoms with Crippen LogP contribution in [0.2, 0.25) is 5.02 Å². The van der Waals surface area contributed by atoms with E-state index in [0.29, 0.717) is 16.4 Å². The van der Waals surface area contributed by atoms with Crippen molar-refractivity contribution >= 4 is 23.1 Å². The van der Waals surface area contributed by atoms with Crippen LogP contribution in [0.15, 0.2) is 24.5 Å². The summed E-state index contributed by atoms with van der Waals surface area (Å²) in [6, 6.07) is 1.88. The molecule has 0 unspecified atom stereocenters. The summed E-state index contributed by atoms with van der Waals surface area (Å²) in [7, 11) is 0. The number of nitrogens with two attached hydrogens (primary N) is 1. The number of anilines is 1. The van der Waals surface area contributed by atoms with Crippen molar-refractivity contribution in [3.8, 4) is 11.8 Å². The molecule has 0 saturated carbocycles. The number of hydrogen-bond donors (Lipinski definition) is 2. The molecule has 23 heavy (non-hydrogen) atoms. The molecule has 0 saturated heterocycles. The molecule has 0 aliphatic heterocycles. The van der Waals surface area contributed by atoms with E-state index in [2.05, 4.69) is 26.8 Å². The minimum absolute atomic E-state index is 0.176. The van der Waals surface area contributed by atoms with Crippen molar-refractivity contribution in [2.75, 3.05) is 5.73 Å². The number of nitrogens with zero attached hydrogens (tertiary/aromatic N) is 3. The summed E-state index contributed by atoms with van der Waals surface area (Å²) in [5, 5.41) is 10.2. The molecule has 3 rings (SSSR count). The number of hydrogen-bond acceptors (Lipinski definition) is 5. The van der Waals surface area contributed by atoms with Crippen molar-refractivity contribution in [3.63, 3.8) is 0 Å². The lowest BCUT2D eigenvalue weighted by molar-refractivity contribution is 0.143. The minimum atomic E-state index is -1.07. The highest BCUT2D eigenvalue weighted by Crippen LogP contribution is 2.34. The van der Waals surface area contributed by atoms with Crippen LogP contribution in [0.4, 0.5) is 5.95 Å². The van der Waals surface area contributed by atoms with Gasteiger partial charge in [0, 0.05) is 11.8 Å². The fourth-order valence-electron chi connectivity index (χ4n) is 2.30. The van der Waals surface area contributed by atoms with Crippen molar-refractivity contribution in [2.45, 2.75) is 25.9 Å². The highest BCUT2D eigenvalue weighted by atomic mass is 35.5. The van der Waals surface area contributed by atoms with Gasteiger partial charge in [0.2, 0.25) is 5.95 Å². The number of pyridine rings is 1. The van der Waals surface area contributed by atoms with E-state index in [4.69, 9.17) is 17.3 Å². The van der Waals surface area contributed by atoms with Crippen molar-refractivity contribution < 1.29 is 5.11 Å². The number of rotatable bonds is 1. The maximum atomic E-state index is 9.71. The number of halogens is 1. The van der Waals surface area contributed by atoms with Crippen LogP contribution in [0.5, 0.6) is 0 Å². The maximum absolute atomic E-state index is 9.71. The highest BCUT2D eigenvalue weighted by Gasteiger charge is 2.20. The third kappa shape index (κ3) is 3.34. The number of nitrogen functional groups attached to an aromatic ring is 1. The molecule has 0 amide bonds. The largest absolute Gasteiger partial charge is 0.378 e. The zero-order chi connectivity index (χ0) is 16.6. The van der Waals surface area contributed by atoms with E-state index in [1.54, 1.807) is 20.0 Å². The van der Waals surface area contributed by atoms with Gasteiger partial charge < -0.3 is 10.8 Å². The SMILES string of the molecule is CC(C)(O)C#Cc1cc2c(cn1)CC=C2c1nc(N)ncc1Cl. The van der Waals surface area contributed by atoms with Crippen molar-refractivity contribution in [2.24, 2.45) is 0 Å². The maximum Gasteiger partial charge on any atom is 0.220 e. The first kappa shape index (κ1) is 15.5. The van der Waals surface area contributed by atoms with Gasteiger partial charge in [-0.05, 0) is 43.4 Å². The van der Waals surface area contributed by atoms with Crippen LogP contribution in [0.3, 0.4) is 0 Å². The summed E-state index contributed by atoms with van der Waals surface area (Å²) in [6.45, 7) is 3.25. The van der Waals surface area contributed by atoms with E-state index in [1.165, 1.54) is 6.20 Å². The van der Waals surface area contributed by atoms with E-state index in [9.17, 15) is 5.11 Å². The molecular weight excluding hydrogens is 312 g/mol. The first-order valence-electron chi connectivity index (χ1n) is 7.07. The van der Waals surface area contributed by atoms with Gasteiger partial charge in [-0.1, -0.05) is 23.6 Å². The molecule has 0 bridgehead atoms. The molecule has 1 aliphatic carbocycles. The zero-order valence-corrected chi connectivity index (χ0v) is 13.5. The number of aromatic nitrogens is 3. The van der Waals surface area contributed by atoms with Gasteiger partial charge in [0.15, 0.2) is 0 Å². The topological polar surface area (TPSA) is 84.9 Å². The van der Waals surface area contributed by atoms with Crippen LogP contribution < -0.4 is 5.73 Å². The van der Waals surface area contributed by atoms with Crippen molar-refractivity contribution in [3.05, 3.63) is 52.1 Å². The monoisotopic (exact) mass is 326 g/mol. The average molecular weight is 327 g/mol. The lowest BCUT2D eigenvalue weighted by atomic mass is 10.0. The first-order chi connectivity index (χ1) is 10.8. The molecule has 116 valence electrons. The fraction of sp³-hybridized carbons (Fsp3) is 0.235. The number of aliphatic hydroxyl groups is 1. The van der Waals surface area contributed by atoms with Crippen LogP contribution in [-0.4, -0.2) is 25.7 Å². The second-order valence-corrected chi connectivity index (χ2v) is 6.19. The molecule has 5 nitrogen and oxygen atoms in total. The van der Waals surface area contributed by atoms with Crippen LogP contribution in [0.1, 0.15) is 36.4 Å². The van der Waals surface area contributed by atoms with Gasteiger partial charge >= 0.3 is 0 Å². The second kappa shape index (κ2) is 5.65. The predicted molar refractivity (Wildman–Crippen MR) is 89.7 cm³/mol. The van der Waals surface area contributed by atoms with Crippen LogP contribution >= 0.6 is 11.6 Å². The van der Waals surface area contributed by atoms with E-state index >= 15 is 0 Å². The Labute approximate surface area is 139 Å². The van der Waals surface area contributed by atoms with Gasteiger partial charge in [-0.25, -0.2) is 15.0 Å². The zero-order valence-electron chi connectivity index (χ0n) is 12.8. The summed E-state index contributed by atoms with van der Waals surface area (Å²) in [6.07, 6.45) is 6.06. The molecule has 0 radical (unpaired) electrons. The molecule has 3 N–H and O–H groups in total. The van der Waals surface area contributed by atoms with Gasteiger partial charge in [0.05, 0.1) is 16.9 Å². The molecular formula is C17H15ClN4O. The Morgan fingerprint density at radius 2 is 2.09 bits per heavy atom. The minimum Gasteiger partial charge on any atom is -0.378 e. The third-order valence-electron chi connectivity index (χ3n) is 3.32. The predicted octanol–water partition coefficient (Wildman–Crippen LogP) is 2.22. The summed E-state index contributed by atoms with van der Waals surface area (Å²) < 4.78 is 0. The third-order valence-corrected chi connectivity index (χ3v) is 3.59. The Balaban J connectivity index is 2.04. The van der Waals surface area contributed by atoms with E-state index < -0.39 is 5.60 Å². The van der Waals surface area contributed by atoms with Crippen LogP contribution in [0, 0.1) is 11.8 Å². The van der Waals surface area contributed by atoms with E-state index in [-0.39, 0.29) is 5.95 Å². The van der Waals surface area contributed by atoms with Crippen molar-refractivity contribution in [1.29, 1.82) is 0 Å². The molecule has 1 aliphatic rings. The lowest BCUT2D eigenvalue weighted by Gasteiger charge is -2.08. The van der Waals surface area contributed by atoms with Crippen molar-refractivity contribution in [1.82, 2.24) is 15.0 Å². The van der Waals surface area contributed by atoms with Gasteiger partial charge in [-0.3, -0.25) is 0 Å². The quantitative estimate of drug-likeness (QED) is 0.785. The molecule has 6 heteroatoms. The van der Waals surface area contributed by atoms with Crippen LogP contribution in [0.25, 0.3) is 5.57 Å². The average Bonchev–Trinajstić information content (AvgIpc) is 2.90. The molecule has 2 heterocycles. The van der Waals surface area contributed by atoms with Gasteiger partial charge in [-0.15, -0.1) is 0 Å². The Morgan fingerprint density at radius 1 is 1.30 bits per heavy atom. The second-order valence-electron chi connectivity index (χ2n) is 5.78. The molecule has 0 spiro atoms. The van der Waals surface area contributed by atoms with Gasteiger partial charge in [0.1, 0.15) is 11.3 Å². The van der Waals surface area contributed by atoms with E-state index in [1.807, 2.05) is 12.1 Å². The molecule has 0 aromatic carbocycles. The Hall–Kier alpha value is -2.42. The first-order valence-corrected chi connectivity index (χ1v) is 7.45. The summed E-state index contributed by atoms with van der Waals surface area (Å²) >= 11 is 6.21. The number of fused-ring (bicyclic) bond motifs is 1. The standard InChI is InChI=1S/C17H15ClN4O/c1-17(2,23)6-5-11-7-13-10(8-20-11)3-4-12(13)15-14(18)9-21-16(19)22-15/h4,7-9,23H,3H2,1-2H3,(H2,19,21,22). The smallest absolute Gasteiger partial charge is 0.220 e. The Morgan fingerprint density at radius 3 is 2.83 bits per heavy atom. The number of allylic oxidation sites excluding steroid dienone is 1. The fourth-order valence-corrected chi connectivity index (χ4v) is 2.49. The molecule has 2 aromatic rings. The van der Waals surface area contributed by atoms with Crippen LogP contribution in [-0.2, 0) is 6.42 Å². The highest BCUT2D eigenvalue weighted by molar-refractivity contribution is 6.32. The molecule has 2 aromatic heterocycles. The summed E-state index contributed by atoms with van der Waals surface area (Å²) in [4.78, 5) is 12.4. The summed E-state index contributed by atoms with van der Waals surface area (Å²) in [5.74, 6) is 5.82. The van der Waals surface area contributed by atoms with Gasteiger partial charge in [-0.2, -0.15) is 0 Å². The Kier molecular flexibility index (Phi) is 3.80. The summed E-state index contributed by atoms with van der Waals surface area (Å²) in [5.41, 5.74) is 8.73. The molecule has 0 atom stereocenters. The molecule has 0 fully saturated rings. The van der Waals surface area contributed by atoms with Gasteiger partial charge in [0.25, 0.3) is 0 Å².